The number of allylic oxidation sites excluding steroid dienone is 1. The van der Waals surface area contributed by atoms with Crippen LogP contribution in [0.25, 0.3) is 0 Å². The highest BCUT2D eigenvalue weighted by molar-refractivity contribution is 5.98. The van der Waals surface area contributed by atoms with Crippen LogP contribution in [-0.4, -0.2) is 82.8 Å². The molecular formula is C31H50N2O6. The first-order valence-corrected chi connectivity index (χ1v) is 15.2. The van der Waals surface area contributed by atoms with Gasteiger partial charge < -0.3 is 24.4 Å². The molecule has 2 bridgehead atoms. The number of rotatable bonds is 19. The van der Waals surface area contributed by atoms with Crippen LogP contribution >= 0.6 is 0 Å². The first-order valence-electron chi connectivity index (χ1n) is 15.2. The van der Waals surface area contributed by atoms with E-state index in [1.54, 1.807) is 15.9 Å². The predicted octanol–water partition coefficient (Wildman–Crippen LogP) is 4.41. The predicted molar refractivity (Wildman–Crippen MR) is 151 cm³/mol. The lowest BCUT2D eigenvalue weighted by Crippen LogP contribution is -2.56. The Balaban J connectivity index is 1.92. The van der Waals surface area contributed by atoms with E-state index >= 15 is 0 Å². The number of nitrogens with zero attached hydrogens (tertiary/aromatic N) is 2. The topological polar surface area (TPSA) is 96.4 Å². The molecule has 0 radical (unpaired) electrons. The van der Waals surface area contributed by atoms with Crippen LogP contribution in [0.2, 0.25) is 0 Å². The minimum atomic E-state index is -1.02. The Morgan fingerprint density at radius 3 is 2.54 bits per heavy atom. The SMILES string of the molecule is C=CCCCCOC(=O)[C@H]1[C@H]2C(=O)N(CCCCCCO)C(C(=O)N(CC=C)CCCC)C23CC[C@]1(CC)O3. The zero-order chi connectivity index (χ0) is 28.5. The molecule has 0 aromatic rings. The third-order valence-corrected chi connectivity index (χ3v) is 8.97. The molecule has 3 heterocycles. The molecule has 220 valence electrons. The maximum absolute atomic E-state index is 14.2. The van der Waals surface area contributed by atoms with Crippen molar-refractivity contribution in [2.45, 2.75) is 108 Å². The number of hydrogen-bond donors (Lipinski definition) is 1. The van der Waals surface area contributed by atoms with E-state index in [4.69, 9.17) is 14.6 Å². The molecule has 3 fully saturated rings. The second kappa shape index (κ2) is 14.4. The summed E-state index contributed by atoms with van der Waals surface area (Å²) >= 11 is 0. The molecule has 8 nitrogen and oxygen atoms in total. The third kappa shape index (κ3) is 6.27. The lowest BCUT2D eigenvalue weighted by molar-refractivity contribution is -0.162. The Bertz CT molecular complexity index is 877. The molecule has 3 aliphatic rings. The van der Waals surface area contributed by atoms with Gasteiger partial charge in [-0.3, -0.25) is 14.4 Å². The van der Waals surface area contributed by atoms with Gasteiger partial charge >= 0.3 is 5.97 Å². The van der Waals surface area contributed by atoms with E-state index in [0.29, 0.717) is 45.5 Å². The van der Waals surface area contributed by atoms with Gasteiger partial charge in [0.1, 0.15) is 17.6 Å². The Morgan fingerprint density at radius 1 is 1.10 bits per heavy atom. The van der Waals surface area contributed by atoms with Gasteiger partial charge in [0.2, 0.25) is 11.8 Å². The quantitative estimate of drug-likeness (QED) is 0.147. The van der Waals surface area contributed by atoms with Crippen molar-refractivity contribution in [3.8, 4) is 0 Å². The molecule has 3 aliphatic heterocycles. The Hall–Kier alpha value is -2.19. The van der Waals surface area contributed by atoms with Crippen LogP contribution < -0.4 is 0 Å². The van der Waals surface area contributed by atoms with Crippen molar-refractivity contribution in [1.82, 2.24) is 9.80 Å². The van der Waals surface area contributed by atoms with Gasteiger partial charge in [-0.2, -0.15) is 0 Å². The van der Waals surface area contributed by atoms with Gasteiger partial charge in [0, 0.05) is 26.2 Å². The van der Waals surface area contributed by atoms with Crippen molar-refractivity contribution >= 4 is 17.8 Å². The average Bonchev–Trinajstić information content (AvgIpc) is 3.54. The van der Waals surface area contributed by atoms with Crippen LogP contribution in [0, 0.1) is 11.8 Å². The monoisotopic (exact) mass is 546 g/mol. The number of aliphatic hydroxyl groups excluding tert-OH is 1. The van der Waals surface area contributed by atoms with E-state index < -0.39 is 29.1 Å². The van der Waals surface area contributed by atoms with Crippen LogP contribution in [0.1, 0.15) is 90.9 Å². The number of amides is 2. The number of fused-ring (bicyclic) bond motifs is 1. The summed E-state index contributed by atoms with van der Waals surface area (Å²) in [5.74, 6) is -2.07. The summed E-state index contributed by atoms with van der Waals surface area (Å²) in [6, 6.07) is -0.761. The highest BCUT2D eigenvalue weighted by Crippen LogP contribution is 2.64. The van der Waals surface area contributed by atoms with Crippen LogP contribution in [0.4, 0.5) is 0 Å². The highest BCUT2D eigenvalue weighted by atomic mass is 16.6. The van der Waals surface area contributed by atoms with E-state index in [1.165, 1.54) is 0 Å². The molecule has 0 aliphatic carbocycles. The number of esters is 1. The van der Waals surface area contributed by atoms with Crippen molar-refractivity contribution in [2.24, 2.45) is 11.8 Å². The average molecular weight is 547 g/mol. The summed E-state index contributed by atoms with van der Waals surface area (Å²) < 4.78 is 12.6. The molecule has 2 unspecified atom stereocenters. The minimum Gasteiger partial charge on any atom is -0.465 e. The Kier molecular flexibility index (Phi) is 11.6. The molecular weight excluding hydrogens is 496 g/mol. The van der Waals surface area contributed by atoms with Crippen LogP contribution in [0.15, 0.2) is 25.3 Å². The van der Waals surface area contributed by atoms with E-state index in [0.717, 1.165) is 57.8 Å². The molecule has 3 saturated heterocycles. The number of unbranched alkanes of at least 4 members (excludes halogenated alkanes) is 6. The second-order valence-corrected chi connectivity index (χ2v) is 11.4. The van der Waals surface area contributed by atoms with Gasteiger partial charge in [-0.25, -0.2) is 0 Å². The molecule has 0 aromatic heterocycles. The van der Waals surface area contributed by atoms with Gasteiger partial charge in [-0.05, 0) is 57.8 Å². The number of ether oxygens (including phenoxy) is 2. The van der Waals surface area contributed by atoms with E-state index in [1.807, 2.05) is 13.0 Å². The second-order valence-electron chi connectivity index (χ2n) is 11.4. The summed E-state index contributed by atoms with van der Waals surface area (Å²) in [6.45, 7) is 13.6. The van der Waals surface area contributed by atoms with Gasteiger partial charge in [0.25, 0.3) is 0 Å². The molecule has 1 spiro atoms. The summed E-state index contributed by atoms with van der Waals surface area (Å²) in [5, 5.41) is 9.14. The number of aliphatic hydroxyl groups is 1. The van der Waals surface area contributed by atoms with E-state index in [9.17, 15) is 14.4 Å². The normalized spacial score (nSPS) is 28.9. The fourth-order valence-corrected chi connectivity index (χ4v) is 6.97. The summed E-state index contributed by atoms with van der Waals surface area (Å²) in [4.78, 5) is 45.5. The Labute approximate surface area is 234 Å². The van der Waals surface area contributed by atoms with Crippen molar-refractivity contribution in [2.75, 3.05) is 32.8 Å². The number of carbonyl (C=O) groups excluding carboxylic acids is 3. The maximum Gasteiger partial charge on any atom is 0.312 e. The molecule has 0 aromatic carbocycles. The zero-order valence-electron chi connectivity index (χ0n) is 24.2. The lowest BCUT2D eigenvalue weighted by atomic mass is 9.65. The molecule has 1 N–H and O–H groups in total. The fourth-order valence-electron chi connectivity index (χ4n) is 6.97. The minimum absolute atomic E-state index is 0.111. The largest absolute Gasteiger partial charge is 0.465 e. The standard InChI is InChI=1S/C31H50N2O6/c1-5-9-11-16-23-38-29(37)25-24-27(35)33(21-14-12-13-15-22-34)26(28(36)32(19-7-3)20-10-6-2)31(24)18-17-30(25,8-4)39-31/h5,7,24-26,34H,1,3,6,8-23H2,2,4H3/t24-,25+,26?,30-,31?/m0/s1. The van der Waals surface area contributed by atoms with Crippen LogP contribution in [-0.2, 0) is 23.9 Å². The smallest absolute Gasteiger partial charge is 0.312 e. The van der Waals surface area contributed by atoms with Crippen molar-refractivity contribution < 1.29 is 29.0 Å². The highest BCUT2D eigenvalue weighted by Gasteiger charge is 2.79. The molecule has 5 atom stereocenters. The van der Waals surface area contributed by atoms with Crippen molar-refractivity contribution in [1.29, 1.82) is 0 Å². The van der Waals surface area contributed by atoms with Gasteiger partial charge in [-0.1, -0.05) is 45.3 Å². The Morgan fingerprint density at radius 2 is 1.87 bits per heavy atom. The van der Waals surface area contributed by atoms with Gasteiger partial charge in [-0.15, -0.1) is 13.2 Å². The molecule has 3 rings (SSSR count). The van der Waals surface area contributed by atoms with Crippen molar-refractivity contribution in [3.63, 3.8) is 0 Å². The zero-order valence-corrected chi connectivity index (χ0v) is 24.2. The summed E-state index contributed by atoms with van der Waals surface area (Å²) in [6.07, 6.45) is 12.8. The lowest BCUT2D eigenvalue weighted by Gasteiger charge is -2.37. The fraction of sp³-hybridized carbons (Fsp3) is 0.774. The third-order valence-electron chi connectivity index (χ3n) is 8.97. The maximum atomic E-state index is 14.2. The first-order chi connectivity index (χ1) is 18.9. The molecule has 8 heteroatoms. The first kappa shape index (κ1) is 31.3. The molecule has 0 saturated carbocycles. The number of carbonyl (C=O) groups is 3. The summed E-state index contributed by atoms with van der Waals surface area (Å²) in [7, 11) is 0. The van der Waals surface area contributed by atoms with Gasteiger partial charge in [0.15, 0.2) is 0 Å². The van der Waals surface area contributed by atoms with Crippen LogP contribution in [0.3, 0.4) is 0 Å². The van der Waals surface area contributed by atoms with Crippen molar-refractivity contribution in [3.05, 3.63) is 25.3 Å². The molecule has 39 heavy (non-hydrogen) atoms. The number of hydrogen-bond acceptors (Lipinski definition) is 6. The van der Waals surface area contributed by atoms with Gasteiger partial charge in [0.05, 0.1) is 18.1 Å². The van der Waals surface area contributed by atoms with E-state index in [2.05, 4.69) is 20.1 Å². The molecule has 2 amide bonds. The van der Waals surface area contributed by atoms with Crippen LogP contribution in [0.5, 0.6) is 0 Å². The number of likely N-dealkylation sites (tertiary alicyclic amines) is 1. The summed E-state index contributed by atoms with van der Waals surface area (Å²) in [5.41, 5.74) is -1.80. The van der Waals surface area contributed by atoms with E-state index in [-0.39, 0.29) is 24.4 Å².